The van der Waals surface area contributed by atoms with Gasteiger partial charge in [0.15, 0.2) is 16.6 Å². The number of ketones is 1. The molecule has 1 atom stereocenters. The number of ether oxygens (including phenoxy) is 2. The van der Waals surface area contributed by atoms with Gasteiger partial charge in [0.25, 0.3) is 5.78 Å². The molecule has 194 valence electrons. The van der Waals surface area contributed by atoms with Crippen molar-refractivity contribution in [3.05, 3.63) is 82.9 Å². The van der Waals surface area contributed by atoms with Crippen LogP contribution in [0.25, 0.3) is 16.0 Å². The number of phenols is 1. The summed E-state index contributed by atoms with van der Waals surface area (Å²) in [4.78, 5) is 32.9. The number of nitrogens with zero attached hydrogens (tertiary/aromatic N) is 2. The van der Waals surface area contributed by atoms with Crippen LogP contribution in [-0.2, 0) is 9.59 Å². The Labute approximate surface area is 223 Å². The molecule has 1 saturated heterocycles. The highest BCUT2D eigenvalue weighted by Crippen LogP contribution is 2.46. The van der Waals surface area contributed by atoms with Crippen molar-refractivity contribution in [2.24, 2.45) is 0 Å². The maximum Gasteiger partial charge on any atom is 0.301 e. The minimum Gasteiger partial charge on any atom is -0.507 e. The van der Waals surface area contributed by atoms with Crippen molar-refractivity contribution in [1.82, 2.24) is 4.98 Å². The lowest BCUT2D eigenvalue weighted by Gasteiger charge is -2.23. The summed E-state index contributed by atoms with van der Waals surface area (Å²) in [5.41, 5.74) is 2.45. The van der Waals surface area contributed by atoms with Crippen molar-refractivity contribution in [3.8, 4) is 17.2 Å². The number of carbonyl (C=O) groups excluding carboxylic acids is 2. The van der Waals surface area contributed by atoms with Crippen molar-refractivity contribution in [1.29, 1.82) is 0 Å². The quantitative estimate of drug-likeness (QED) is 0.178. The summed E-state index contributed by atoms with van der Waals surface area (Å²) in [7, 11) is 1.41. The highest BCUT2D eigenvalue weighted by molar-refractivity contribution is 7.22. The fraction of sp³-hybridized carbons (Fsp3) is 0.207. The number of carbonyl (C=O) groups is 2. The molecule has 1 aromatic heterocycles. The minimum absolute atomic E-state index is 0.0918. The molecule has 1 amide bonds. The molecule has 1 aliphatic rings. The van der Waals surface area contributed by atoms with Crippen LogP contribution in [0, 0.1) is 6.92 Å². The third-order valence-corrected chi connectivity index (χ3v) is 7.30. The molecule has 2 heterocycles. The second kappa shape index (κ2) is 10.2. The van der Waals surface area contributed by atoms with E-state index >= 15 is 0 Å². The molecule has 0 bridgehead atoms. The van der Waals surface area contributed by atoms with Crippen LogP contribution < -0.4 is 14.4 Å². The van der Waals surface area contributed by atoms with E-state index in [2.05, 4.69) is 4.98 Å². The SMILES string of the molecule is CCCOc1cccc(C(O)=C2C(=O)C(=O)N(c3nc4ccc(C)cc4s3)C2c2ccc(O)c(OC)c2)c1. The Balaban J connectivity index is 1.71. The van der Waals surface area contributed by atoms with Crippen LogP contribution in [0.15, 0.2) is 66.2 Å². The number of aliphatic hydroxyl groups is 1. The number of methoxy groups -OCH3 is 1. The lowest BCUT2D eigenvalue weighted by molar-refractivity contribution is -0.132. The molecule has 0 radical (unpaired) electrons. The first-order valence-corrected chi connectivity index (χ1v) is 12.9. The largest absolute Gasteiger partial charge is 0.507 e. The van der Waals surface area contributed by atoms with Crippen molar-refractivity contribution in [3.63, 3.8) is 0 Å². The Hall–Kier alpha value is -4.37. The van der Waals surface area contributed by atoms with E-state index in [9.17, 15) is 19.8 Å². The number of hydrogen-bond donors (Lipinski definition) is 2. The van der Waals surface area contributed by atoms with Gasteiger partial charge in [0.2, 0.25) is 0 Å². The number of aryl methyl sites for hydroxylation is 1. The van der Waals surface area contributed by atoms with E-state index in [0.717, 1.165) is 16.7 Å². The van der Waals surface area contributed by atoms with Gasteiger partial charge in [-0.15, -0.1) is 0 Å². The number of anilines is 1. The number of thiazole rings is 1. The van der Waals surface area contributed by atoms with Gasteiger partial charge in [-0.2, -0.15) is 0 Å². The minimum atomic E-state index is -1.01. The Morgan fingerprint density at radius 3 is 2.68 bits per heavy atom. The van der Waals surface area contributed by atoms with Crippen LogP contribution in [0.5, 0.6) is 17.2 Å². The van der Waals surface area contributed by atoms with E-state index in [0.29, 0.717) is 34.1 Å². The van der Waals surface area contributed by atoms with Gasteiger partial charge in [0, 0.05) is 5.56 Å². The maximum absolute atomic E-state index is 13.5. The molecule has 1 aliphatic heterocycles. The number of aromatic hydroxyl groups is 1. The van der Waals surface area contributed by atoms with E-state index < -0.39 is 17.7 Å². The van der Waals surface area contributed by atoms with Gasteiger partial charge in [-0.25, -0.2) is 4.98 Å². The standard InChI is InChI=1S/C29H26N2O6S/c1-4-12-37-19-7-5-6-18(14-19)26(33)24-25(17-9-11-21(32)22(15-17)36-3)31(28(35)27(24)34)29-30-20-10-8-16(2)13-23(20)38-29/h5-11,13-15,25,32-33H,4,12H2,1-3H3. The Kier molecular flexibility index (Phi) is 6.77. The molecular weight excluding hydrogens is 504 g/mol. The Morgan fingerprint density at radius 2 is 1.92 bits per heavy atom. The fourth-order valence-corrected chi connectivity index (χ4v) is 5.53. The predicted octanol–water partition coefficient (Wildman–Crippen LogP) is 5.73. The van der Waals surface area contributed by atoms with Crippen molar-refractivity contribution < 1.29 is 29.3 Å². The van der Waals surface area contributed by atoms with Gasteiger partial charge in [-0.1, -0.05) is 42.5 Å². The summed E-state index contributed by atoms with van der Waals surface area (Å²) in [6.07, 6.45) is 0.811. The zero-order valence-corrected chi connectivity index (χ0v) is 21.9. The van der Waals surface area contributed by atoms with E-state index in [1.165, 1.54) is 29.4 Å². The molecule has 9 heteroatoms. The molecule has 0 aliphatic carbocycles. The van der Waals surface area contributed by atoms with Gasteiger partial charge in [-0.05, 0) is 60.9 Å². The van der Waals surface area contributed by atoms with Crippen molar-refractivity contribution in [2.75, 3.05) is 18.6 Å². The fourth-order valence-electron chi connectivity index (χ4n) is 4.44. The number of amides is 1. The summed E-state index contributed by atoms with van der Waals surface area (Å²) >= 11 is 1.28. The molecule has 38 heavy (non-hydrogen) atoms. The molecule has 2 N–H and O–H groups in total. The predicted molar refractivity (Wildman–Crippen MR) is 146 cm³/mol. The summed E-state index contributed by atoms with van der Waals surface area (Å²) in [6.45, 7) is 4.45. The van der Waals surface area contributed by atoms with Crippen molar-refractivity contribution in [2.45, 2.75) is 26.3 Å². The highest BCUT2D eigenvalue weighted by atomic mass is 32.1. The van der Waals surface area contributed by atoms with E-state index in [4.69, 9.17) is 9.47 Å². The summed E-state index contributed by atoms with van der Waals surface area (Å²) in [5, 5.41) is 21.9. The van der Waals surface area contributed by atoms with Gasteiger partial charge in [0.05, 0.1) is 35.5 Å². The number of aliphatic hydroxyl groups excluding tert-OH is 1. The normalized spacial score (nSPS) is 16.8. The lowest BCUT2D eigenvalue weighted by atomic mass is 9.95. The highest BCUT2D eigenvalue weighted by Gasteiger charge is 2.48. The summed E-state index contributed by atoms with van der Waals surface area (Å²) in [5.74, 6) is -1.36. The average molecular weight is 531 g/mol. The molecule has 1 unspecified atom stereocenters. The van der Waals surface area contributed by atoms with Gasteiger partial charge in [-0.3, -0.25) is 14.5 Å². The first-order chi connectivity index (χ1) is 18.3. The molecule has 8 nitrogen and oxygen atoms in total. The molecule has 4 aromatic rings. The number of phenolic OH excluding ortho intramolecular Hbond substituents is 1. The van der Waals surface area contributed by atoms with Gasteiger partial charge >= 0.3 is 5.91 Å². The van der Waals surface area contributed by atoms with Gasteiger partial charge in [0.1, 0.15) is 11.5 Å². The first kappa shape index (κ1) is 25.3. The van der Waals surface area contributed by atoms with Crippen LogP contribution >= 0.6 is 11.3 Å². The molecule has 3 aromatic carbocycles. The van der Waals surface area contributed by atoms with Crippen LogP contribution in [0.3, 0.4) is 0 Å². The van der Waals surface area contributed by atoms with Crippen molar-refractivity contribution >= 4 is 44.1 Å². The Morgan fingerprint density at radius 1 is 1.11 bits per heavy atom. The number of aromatic nitrogens is 1. The molecule has 1 fully saturated rings. The number of rotatable bonds is 7. The molecule has 0 saturated carbocycles. The van der Waals surface area contributed by atoms with E-state index in [1.54, 1.807) is 36.4 Å². The monoisotopic (exact) mass is 530 g/mol. The van der Waals surface area contributed by atoms with E-state index in [1.807, 2.05) is 32.0 Å². The van der Waals surface area contributed by atoms with Crippen LogP contribution in [0.2, 0.25) is 0 Å². The van der Waals surface area contributed by atoms with E-state index in [-0.39, 0.29) is 22.8 Å². The zero-order chi connectivity index (χ0) is 27.0. The smallest absolute Gasteiger partial charge is 0.301 e. The molecule has 5 rings (SSSR count). The average Bonchev–Trinajstić information content (AvgIpc) is 3.45. The number of benzene rings is 3. The third kappa shape index (κ3) is 4.45. The number of hydrogen-bond acceptors (Lipinski definition) is 8. The summed E-state index contributed by atoms with van der Waals surface area (Å²) in [6, 6.07) is 16.1. The maximum atomic E-state index is 13.5. The lowest BCUT2D eigenvalue weighted by Crippen LogP contribution is -2.29. The Bertz CT molecular complexity index is 1590. The van der Waals surface area contributed by atoms with Crippen LogP contribution in [0.4, 0.5) is 5.13 Å². The van der Waals surface area contributed by atoms with Crippen LogP contribution in [0.1, 0.15) is 36.1 Å². The summed E-state index contributed by atoms with van der Waals surface area (Å²) < 4.78 is 11.9. The first-order valence-electron chi connectivity index (χ1n) is 12.1. The second-order valence-corrected chi connectivity index (χ2v) is 9.95. The number of fused-ring (bicyclic) bond motifs is 1. The van der Waals surface area contributed by atoms with Crippen LogP contribution in [-0.4, -0.2) is 40.6 Å². The second-order valence-electron chi connectivity index (χ2n) is 8.94. The molecular formula is C29H26N2O6S. The number of Topliss-reactive ketones (excluding diaryl/α,β-unsaturated/α-hetero) is 1. The molecule has 0 spiro atoms. The zero-order valence-electron chi connectivity index (χ0n) is 21.1. The van der Waals surface area contributed by atoms with Gasteiger partial charge < -0.3 is 19.7 Å². The topological polar surface area (TPSA) is 109 Å². The third-order valence-electron chi connectivity index (χ3n) is 6.28.